The summed E-state index contributed by atoms with van der Waals surface area (Å²) in [4.78, 5) is 28.4. The van der Waals surface area contributed by atoms with Crippen LogP contribution in [0.15, 0.2) is 24.5 Å². The van der Waals surface area contributed by atoms with E-state index in [9.17, 15) is 23.5 Å². The molecular formula is C20H20F2N4O4. The van der Waals surface area contributed by atoms with Gasteiger partial charge in [-0.05, 0) is 17.7 Å². The third-order valence-corrected chi connectivity index (χ3v) is 5.19. The molecule has 1 atom stereocenters. The molecule has 8 nitrogen and oxygen atoms in total. The first-order chi connectivity index (χ1) is 14.4. The molecule has 158 valence electrons. The molecule has 10 heteroatoms. The Kier molecular flexibility index (Phi) is 5.25. The molecule has 2 aromatic rings. The Morgan fingerprint density at radius 3 is 2.77 bits per heavy atom. The second kappa shape index (κ2) is 7.86. The number of carbonyl (C=O) groups is 2. The van der Waals surface area contributed by atoms with Gasteiger partial charge in [-0.25, -0.2) is 18.6 Å². The van der Waals surface area contributed by atoms with Gasteiger partial charge in [-0.2, -0.15) is 0 Å². The van der Waals surface area contributed by atoms with Crippen molar-refractivity contribution in [3.8, 4) is 0 Å². The topological polar surface area (TPSA) is 96.7 Å². The number of anilines is 1. The Morgan fingerprint density at radius 2 is 2.10 bits per heavy atom. The van der Waals surface area contributed by atoms with Crippen LogP contribution in [-0.4, -0.2) is 45.9 Å². The van der Waals surface area contributed by atoms with Gasteiger partial charge >= 0.3 is 6.09 Å². The largest absolute Gasteiger partial charge is 0.442 e. The second-order valence-corrected chi connectivity index (χ2v) is 7.19. The number of halogens is 2. The van der Waals surface area contributed by atoms with Gasteiger partial charge in [0.1, 0.15) is 17.7 Å². The molecule has 30 heavy (non-hydrogen) atoms. The van der Waals surface area contributed by atoms with Crippen LogP contribution in [0.25, 0.3) is 5.57 Å². The third-order valence-electron chi connectivity index (χ3n) is 5.19. The zero-order valence-electron chi connectivity index (χ0n) is 16.2. The highest BCUT2D eigenvalue weighted by molar-refractivity contribution is 5.90. The van der Waals surface area contributed by atoms with Crippen LogP contribution < -0.4 is 10.2 Å². The first kappa shape index (κ1) is 20.0. The number of aliphatic hydroxyl groups excluding tert-OH is 1. The summed E-state index contributed by atoms with van der Waals surface area (Å²) in [6.45, 7) is 1.67. The number of imidazole rings is 1. The fraction of sp³-hybridized carbons (Fsp3) is 0.350. The average Bonchev–Trinajstić information content (AvgIpc) is 3.28. The van der Waals surface area contributed by atoms with Gasteiger partial charge in [0.15, 0.2) is 0 Å². The van der Waals surface area contributed by atoms with Crippen molar-refractivity contribution in [1.82, 2.24) is 14.9 Å². The lowest BCUT2D eigenvalue weighted by atomic mass is 9.96. The number of allylic oxidation sites excluding steroid dienone is 2. The lowest BCUT2D eigenvalue weighted by Gasteiger charge is -2.20. The molecule has 0 spiro atoms. The van der Waals surface area contributed by atoms with Crippen LogP contribution in [0.1, 0.15) is 23.9 Å². The van der Waals surface area contributed by atoms with Gasteiger partial charge in [-0.1, -0.05) is 6.08 Å². The van der Waals surface area contributed by atoms with Crippen LogP contribution >= 0.6 is 0 Å². The highest BCUT2D eigenvalue weighted by Gasteiger charge is 2.33. The Bertz CT molecular complexity index is 1030. The molecular weight excluding hydrogens is 398 g/mol. The van der Waals surface area contributed by atoms with Crippen LogP contribution in [-0.2, 0) is 29.1 Å². The molecule has 2 aliphatic rings. The third kappa shape index (κ3) is 3.65. The predicted molar refractivity (Wildman–Crippen MR) is 102 cm³/mol. The number of ether oxygens (including phenoxy) is 1. The standard InChI is InChI=1S/C20H20F2N4O4/c1-11(28)23-7-14-8-26(20(29)30-14)13-5-15(21)19(16(22)6-13)12-2-3-25-10-24-17(9-27)18(25)4-12/h2,5-6,10,14,27H,3-4,7-9H2,1H3,(H,23,28)/t14-/m0/s1. The molecule has 1 fully saturated rings. The zero-order chi connectivity index (χ0) is 21.4. The monoisotopic (exact) mass is 418 g/mol. The van der Waals surface area contributed by atoms with Crippen molar-refractivity contribution < 1.29 is 28.2 Å². The number of aliphatic hydroxyl groups is 1. The quantitative estimate of drug-likeness (QED) is 0.771. The maximum Gasteiger partial charge on any atom is 0.414 e. The van der Waals surface area contributed by atoms with E-state index in [1.165, 1.54) is 6.92 Å². The van der Waals surface area contributed by atoms with E-state index < -0.39 is 23.8 Å². The van der Waals surface area contributed by atoms with E-state index in [1.54, 1.807) is 12.4 Å². The minimum atomic E-state index is -0.798. The number of hydrogen-bond donors (Lipinski definition) is 2. The van der Waals surface area contributed by atoms with E-state index in [1.807, 2.05) is 4.57 Å². The normalized spacial score (nSPS) is 18.1. The summed E-state index contributed by atoms with van der Waals surface area (Å²) in [6, 6.07) is 2.19. The number of aromatic nitrogens is 2. The first-order valence-electron chi connectivity index (χ1n) is 9.42. The maximum atomic E-state index is 14.9. The Morgan fingerprint density at radius 1 is 1.37 bits per heavy atom. The molecule has 1 aromatic carbocycles. The Hall–Kier alpha value is -3.27. The van der Waals surface area contributed by atoms with Crippen molar-refractivity contribution in [2.24, 2.45) is 0 Å². The van der Waals surface area contributed by atoms with Crippen LogP contribution in [0, 0.1) is 11.6 Å². The summed E-state index contributed by atoms with van der Waals surface area (Å²) in [5.41, 5.74) is 1.51. The fourth-order valence-corrected chi connectivity index (χ4v) is 3.71. The summed E-state index contributed by atoms with van der Waals surface area (Å²) in [5.74, 6) is -1.86. The molecule has 0 bridgehead atoms. The minimum Gasteiger partial charge on any atom is -0.442 e. The van der Waals surface area contributed by atoms with Crippen molar-refractivity contribution in [3.05, 3.63) is 53.1 Å². The van der Waals surface area contributed by atoms with E-state index in [-0.39, 0.29) is 43.3 Å². The molecule has 0 saturated carbocycles. The maximum absolute atomic E-state index is 14.9. The van der Waals surface area contributed by atoms with Crippen LogP contribution in [0.4, 0.5) is 19.3 Å². The van der Waals surface area contributed by atoms with Gasteiger partial charge in [0.25, 0.3) is 0 Å². The lowest BCUT2D eigenvalue weighted by molar-refractivity contribution is -0.119. The van der Waals surface area contributed by atoms with Crippen molar-refractivity contribution in [2.45, 2.75) is 32.6 Å². The first-order valence-corrected chi connectivity index (χ1v) is 9.42. The van der Waals surface area contributed by atoms with Crippen LogP contribution in [0.5, 0.6) is 0 Å². The van der Waals surface area contributed by atoms with Gasteiger partial charge < -0.3 is 19.7 Å². The van der Waals surface area contributed by atoms with Gasteiger partial charge in [-0.15, -0.1) is 0 Å². The average molecular weight is 418 g/mol. The molecule has 0 aliphatic carbocycles. The molecule has 0 unspecified atom stereocenters. The number of hydrogen-bond acceptors (Lipinski definition) is 5. The van der Waals surface area contributed by atoms with E-state index in [2.05, 4.69) is 10.3 Å². The van der Waals surface area contributed by atoms with Crippen LogP contribution in [0.2, 0.25) is 0 Å². The van der Waals surface area contributed by atoms with E-state index in [4.69, 9.17) is 4.74 Å². The van der Waals surface area contributed by atoms with Gasteiger partial charge in [0.05, 0.1) is 37.4 Å². The molecule has 2 aliphatic heterocycles. The molecule has 2 N–H and O–H groups in total. The number of benzene rings is 1. The predicted octanol–water partition coefficient (Wildman–Crippen LogP) is 1.75. The van der Waals surface area contributed by atoms with Crippen molar-refractivity contribution in [1.29, 1.82) is 0 Å². The molecule has 1 aromatic heterocycles. The van der Waals surface area contributed by atoms with E-state index in [0.29, 0.717) is 23.5 Å². The number of nitrogens with one attached hydrogen (secondary N) is 1. The highest BCUT2D eigenvalue weighted by atomic mass is 19.1. The highest BCUT2D eigenvalue weighted by Crippen LogP contribution is 2.33. The SMILES string of the molecule is CC(=O)NC[C@H]1CN(c2cc(F)c(C3=CCn4cnc(CO)c4C3)c(F)c2)C(=O)O1. The van der Waals surface area contributed by atoms with Gasteiger partial charge in [0, 0.05) is 31.1 Å². The second-order valence-electron chi connectivity index (χ2n) is 7.19. The van der Waals surface area contributed by atoms with Gasteiger partial charge in [-0.3, -0.25) is 9.69 Å². The Balaban J connectivity index is 1.57. The van der Waals surface area contributed by atoms with Crippen molar-refractivity contribution in [2.75, 3.05) is 18.0 Å². The zero-order valence-corrected chi connectivity index (χ0v) is 16.2. The van der Waals surface area contributed by atoms with Crippen LogP contribution in [0.3, 0.4) is 0 Å². The molecule has 2 amide bonds. The lowest BCUT2D eigenvalue weighted by Crippen LogP contribution is -2.33. The molecule has 3 heterocycles. The summed E-state index contributed by atoms with van der Waals surface area (Å²) in [5, 5.41) is 12.0. The summed E-state index contributed by atoms with van der Waals surface area (Å²) < 4.78 is 36.8. The molecule has 1 saturated heterocycles. The van der Waals surface area contributed by atoms with E-state index in [0.717, 1.165) is 17.0 Å². The number of nitrogens with zero attached hydrogens (tertiary/aromatic N) is 3. The molecule has 0 radical (unpaired) electrons. The fourth-order valence-electron chi connectivity index (χ4n) is 3.71. The summed E-state index contributed by atoms with van der Waals surface area (Å²) >= 11 is 0. The summed E-state index contributed by atoms with van der Waals surface area (Å²) in [6.07, 6.45) is 2.19. The van der Waals surface area contributed by atoms with Crippen molar-refractivity contribution >= 4 is 23.3 Å². The van der Waals surface area contributed by atoms with Crippen molar-refractivity contribution in [3.63, 3.8) is 0 Å². The molecule has 4 rings (SSSR count). The number of rotatable bonds is 5. The smallest absolute Gasteiger partial charge is 0.414 e. The van der Waals surface area contributed by atoms with Gasteiger partial charge in [0.2, 0.25) is 5.91 Å². The summed E-state index contributed by atoms with van der Waals surface area (Å²) in [7, 11) is 0. The number of amides is 2. The number of cyclic esters (lactones) is 1. The number of carbonyl (C=O) groups excluding carboxylic acids is 2. The Labute approximate surface area is 170 Å². The van der Waals surface area contributed by atoms with E-state index >= 15 is 0 Å². The minimum absolute atomic E-state index is 0.0431. The number of fused-ring (bicyclic) bond motifs is 1.